The average molecular weight is 317 g/mol. The van der Waals surface area contributed by atoms with Gasteiger partial charge in [0.25, 0.3) is 11.8 Å². The lowest BCUT2D eigenvalue weighted by Gasteiger charge is -2.14. The summed E-state index contributed by atoms with van der Waals surface area (Å²) in [5.41, 5.74) is 3.51. The Morgan fingerprint density at radius 3 is 1.75 bits per heavy atom. The fourth-order valence-corrected chi connectivity index (χ4v) is 2.52. The van der Waals surface area contributed by atoms with Crippen molar-refractivity contribution in [1.29, 1.82) is 0 Å². The van der Waals surface area contributed by atoms with Crippen molar-refractivity contribution in [2.24, 2.45) is 0 Å². The molecule has 1 aliphatic rings. The van der Waals surface area contributed by atoms with Crippen LogP contribution >= 0.6 is 0 Å². The molecule has 0 saturated heterocycles. The van der Waals surface area contributed by atoms with Gasteiger partial charge in [-0.3, -0.25) is 14.4 Å². The second-order valence-electron chi connectivity index (χ2n) is 5.58. The number of imide groups is 1. The van der Waals surface area contributed by atoms with Crippen molar-refractivity contribution in [3.05, 3.63) is 78.4 Å². The van der Waals surface area contributed by atoms with Gasteiger partial charge in [0.1, 0.15) is 0 Å². The standard InChI is InChI=1S/C20H15NO3/c1-13(2)20(24)16-5-3-14(4-6-16)15-7-9-17(10-8-15)21-18(22)11-12-19(21)23/h3-12H,1H2,2H3. The molecule has 0 aliphatic carbocycles. The number of rotatable bonds is 4. The highest BCUT2D eigenvalue weighted by Gasteiger charge is 2.24. The maximum Gasteiger partial charge on any atom is 0.258 e. The topological polar surface area (TPSA) is 54.5 Å². The molecular weight excluding hydrogens is 302 g/mol. The number of amides is 2. The number of carbonyl (C=O) groups excluding carboxylic acids is 3. The van der Waals surface area contributed by atoms with Gasteiger partial charge >= 0.3 is 0 Å². The number of allylic oxidation sites excluding steroid dienone is 1. The van der Waals surface area contributed by atoms with Crippen molar-refractivity contribution < 1.29 is 14.4 Å². The summed E-state index contributed by atoms with van der Waals surface area (Å²) < 4.78 is 0. The summed E-state index contributed by atoms with van der Waals surface area (Å²) >= 11 is 0. The van der Waals surface area contributed by atoms with Crippen molar-refractivity contribution >= 4 is 23.3 Å². The Morgan fingerprint density at radius 1 is 0.833 bits per heavy atom. The number of hydrogen-bond donors (Lipinski definition) is 0. The molecule has 4 nitrogen and oxygen atoms in total. The highest BCUT2D eigenvalue weighted by Crippen LogP contribution is 2.25. The third-order valence-corrected chi connectivity index (χ3v) is 3.80. The molecule has 0 bridgehead atoms. The lowest BCUT2D eigenvalue weighted by atomic mass is 10.0. The van der Waals surface area contributed by atoms with Crippen molar-refractivity contribution in [2.45, 2.75) is 6.92 Å². The zero-order valence-corrected chi connectivity index (χ0v) is 13.2. The molecule has 2 aromatic rings. The van der Waals surface area contributed by atoms with E-state index in [0.717, 1.165) is 16.0 Å². The fourth-order valence-electron chi connectivity index (χ4n) is 2.52. The zero-order chi connectivity index (χ0) is 17.3. The van der Waals surface area contributed by atoms with Crippen LogP contribution in [0.2, 0.25) is 0 Å². The van der Waals surface area contributed by atoms with E-state index in [-0.39, 0.29) is 17.6 Å². The Bertz CT molecular complexity index is 856. The quantitative estimate of drug-likeness (QED) is 0.492. The van der Waals surface area contributed by atoms with Gasteiger partial charge in [0, 0.05) is 17.7 Å². The minimum Gasteiger partial charge on any atom is -0.289 e. The molecule has 0 saturated carbocycles. The van der Waals surface area contributed by atoms with Crippen LogP contribution in [0.4, 0.5) is 5.69 Å². The predicted molar refractivity (Wildman–Crippen MR) is 92.7 cm³/mol. The van der Waals surface area contributed by atoms with E-state index in [1.54, 1.807) is 31.2 Å². The molecule has 1 aliphatic heterocycles. The molecule has 0 radical (unpaired) electrons. The number of hydrogen-bond acceptors (Lipinski definition) is 3. The third-order valence-electron chi connectivity index (χ3n) is 3.80. The zero-order valence-electron chi connectivity index (χ0n) is 13.2. The van der Waals surface area contributed by atoms with Gasteiger partial charge < -0.3 is 0 Å². The van der Waals surface area contributed by atoms with Gasteiger partial charge in [-0.1, -0.05) is 43.0 Å². The first-order chi connectivity index (χ1) is 11.5. The highest BCUT2D eigenvalue weighted by atomic mass is 16.2. The maximum atomic E-state index is 11.9. The van der Waals surface area contributed by atoms with Gasteiger partial charge in [-0.2, -0.15) is 0 Å². The number of Topliss-reactive ketones (excluding diaryl/α,β-unsaturated/α-hetero) is 1. The summed E-state index contributed by atoms with van der Waals surface area (Å²) in [5.74, 6) is -0.749. The largest absolute Gasteiger partial charge is 0.289 e. The molecule has 118 valence electrons. The van der Waals surface area contributed by atoms with Crippen LogP contribution < -0.4 is 4.90 Å². The highest BCUT2D eigenvalue weighted by molar-refractivity contribution is 6.28. The van der Waals surface area contributed by atoms with Crippen molar-refractivity contribution in [3.63, 3.8) is 0 Å². The van der Waals surface area contributed by atoms with Gasteiger partial charge in [0.2, 0.25) is 0 Å². The summed E-state index contributed by atoms with van der Waals surface area (Å²) in [6.07, 6.45) is 2.52. The molecule has 0 atom stereocenters. The van der Waals surface area contributed by atoms with E-state index < -0.39 is 0 Å². The van der Waals surface area contributed by atoms with Gasteiger partial charge in [-0.15, -0.1) is 0 Å². The third kappa shape index (κ3) is 2.82. The molecule has 2 amide bonds. The molecule has 0 N–H and O–H groups in total. The lowest BCUT2D eigenvalue weighted by molar-refractivity contribution is -0.119. The monoisotopic (exact) mass is 317 g/mol. The van der Waals surface area contributed by atoms with Crippen LogP contribution in [-0.4, -0.2) is 17.6 Å². The minimum absolute atomic E-state index is 0.0737. The Hall–Kier alpha value is -3.27. The summed E-state index contributed by atoms with van der Waals surface area (Å²) in [5, 5.41) is 0. The second-order valence-corrected chi connectivity index (χ2v) is 5.58. The van der Waals surface area contributed by atoms with Gasteiger partial charge in [0.05, 0.1) is 5.69 Å². The molecular formula is C20H15NO3. The molecule has 24 heavy (non-hydrogen) atoms. The smallest absolute Gasteiger partial charge is 0.258 e. The van der Waals surface area contributed by atoms with Crippen LogP contribution in [0.25, 0.3) is 11.1 Å². The van der Waals surface area contributed by atoms with Crippen LogP contribution in [0, 0.1) is 0 Å². The van der Waals surface area contributed by atoms with E-state index in [1.165, 1.54) is 12.2 Å². The number of ketones is 1. The van der Waals surface area contributed by atoms with Crippen LogP contribution in [0.1, 0.15) is 17.3 Å². The number of benzene rings is 2. The fraction of sp³-hybridized carbons (Fsp3) is 0.0500. The van der Waals surface area contributed by atoms with Crippen molar-refractivity contribution in [2.75, 3.05) is 4.90 Å². The van der Waals surface area contributed by atoms with E-state index in [9.17, 15) is 14.4 Å². The molecule has 0 spiro atoms. The first-order valence-electron chi connectivity index (χ1n) is 7.44. The lowest BCUT2D eigenvalue weighted by Crippen LogP contribution is -2.29. The summed E-state index contributed by atoms with van der Waals surface area (Å²) in [4.78, 5) is 36.3. The number of anilines is 1. The van der Waals surface area contributed by atoms with E-state index in [0.29, 0.717) is 16.8 Å². The van der Waals surface area contributed by atoms with Crippen molar-refractivity contribution in [1.82, 2.24) is 0 Å². The molecule has 0 unspecified atom stereocenters. The normalized spacial score (nSPS) is 13.5. The predicted octanol–water partition coefficient (Wildman–Crippen LogP) is 3.54. The molecule has 0 fully saturated rings. The van der Waals surface area contributed by atoms with E-state index >= 15 is 0 Å². The Labute approximate surface area is 139 Å². The van der Waals surface area contributed by atoms with Crippen LogP contribution in [0.5, 0.6) is 0 Å². The van der Waals surface area contributed by atoms with Crippen LogP contribution in [0.3, 0.4) is 0 Å². The summed E-state index contributed by atoms with van der Waals surface area (Å²) in [6, 6.07) is 14.4. The van der Waals surface area contributed by atoms with E-state index in [2.05, 4.69) is 6.58 Å². The molecule has 4 heteroatoms. The summed E-state index contributed by atoms with van der Waals surface area (Å²) in [7, 11) is 0. The molecule has 0 aromatic heterocycles. The molecule has 3 rings (SSSR count). The number of nitrogens with zero attached hydrogens (tertiary/aromatic N) is 1. The van der Waals surface area contributed by atoms with Gasteiger partial charge in [0.15, 0.2) is 5.78 Å². The Kier molecular flexibility index (Phi) is 3.96. The van der Waals surface area contributed by atoms with Crippen LogP contribution in [-0.2, 0) is 9.59 Å². The summed E-state index contributed by atoms with van der Waals surface area (Å²) in [6.45, 7) is 5.34. The van der Waals surface area contributed by atoms with Gasteiger partial charge in [-0.25, -0.2) is 4.90 Å². The molecule has 1 heterocycles. The second kappa shape index (κ2) is 6.08. The minimum atomic E-state index is -0.338. The first kappa shape index (κ1) is 15.6. The SMILES string of the molecule is C=C(C)C(=O)c1ccc(-c2ccc(N3C(=O)C=CC3=O)cc2)cc1. The van der Waals surface area contributed by atoms with Crippen molar-refractivity contribution in [3.8, 4) is 11.1 Å². The first-order valence-corrected chi connectivity index (χ1v) is 7.44. The maximum absolute atomic E-state index is 11.9. The Morgan fingerprint density at radius 2 is 1.29 bits per heavy atom. The van der Waals surface area contributed by atoms with E-state index in [4.69, 9.17) is 0 Å². The average Bonchev–Trinajstić information content (AvgIpc) is 2.93. The van der Waals surface area contributed by atoms with E-state index in [1.807, 2.05) is 24.3 Å². The number of carbonyl (C=O) groups is 3. The Balaban J connectivity index is 1.84. The van der Waals surface area contributed by atoms with Gasteiger partial charge in [-0.05, 0) is 35.8 Å². The molecule has 2 aromatic carbocycles. The van der Waals surface area contributed by atoms with Crippen LogP contribution in [0.15, 0.2) is 72.8 Å².